The van der Waals surface area contributed by atoms with Crippen LogP contribution < -0.4 is 0 Å². The second kappa shape index (κ2) is 6.31. The van der Waals surface area contributed by atoms with E-state index >= 15 is 0 Å². The molecule has 0 amide bonds. The highest BCUT2D eigenvalue weighted by Crippen LogP contribution is 2.39. The highest BCUT2D eigenvalue weighted by atomic mass is 19.4. The molecule has 0 aliphatic heterocycles. The van der Waals surface area contributed by atoms with E-state index in [4.69, 9.17) is 0 Å². The Morgan fingerprint density at radius 1 is 0.724 bits per heavy atom. The van der Waals surface area contributed by atoms with Crippen molar-refractivity contribution in [2.75, 3.05) is 0 Å². The van der Waals surface area contributed by atoms with E-state index < -0.39 is 11.7 Å². The number of pyridine rings is 1. The molecule has 5 rings (SSSR count). The predicted octanol–water partition coefficient (Wildman–Crippen LogP) is 7.54. The molecular formula is C25H16F3N. The van der Waals surface area contributed by atoms with E-state index in [1.54, 1.807) is 19.2 Å². The van der Waals surface area contributed by atoms with Gasteiger partial charge in [0.2, 0.25) is 0 Å². The Balaban J connectivity index is 1.93. The fraction of sp³-hybridized carbons (Fsp3) is 0.0800. The maximum atomic E-state index is 13.4. The van der Waals surface area contributed by atoms with E-state index in [1.807, 2.05) is 42.5 Å². The van der Waals surface area contributed by atoms with Crippen molar-refractivity contribution < 1.29 is 13.2 Å². The third-order valence-electron chi connectivity index (χ3n) is 5.33. The van der Waals surface area contributed by atoms with Crippen LogP contribution in [0.3, 0.4) is 0 Å². The van der Waals surface area contributed by atoms with Crippen LogP contribution in [-0.2, 0) is 6.18 Å². The molecule has 1 nitrogen and oxygen atoms in total. The quantitative estimate of drug-likeness (QED) is 0.271. The van der Waals surface area contributed by atoms with Crippen LogP contribution in [0.25, 0.3) is 43.6 Å². The van der Waals surface area contributed by atoms with Gasteiger partial charge in [-0.3, -0.25) is 4.98 Å². The fourth-order valence-corrected chi connectivity index (χ4v) is 4.06. The van der Waals surface area contributed by atoms with Gasteiger partial charge in [-0.25, -0.2) is 0 Å². The summed E-state index contributed by atoms with van der Waals surface area (Å²) in [6, 6.07) is 22.2. The van der Waals surface area contributed by atoms with Crippen molar-refractivity contribution in [3.05, 3.63) is 90.1 Å². The van der Waals surface area contributed by atoms with Crippen LogP contribution in [0.15, 0.2) is 79.0 Å². The predicted molar refractivity (Wildman–Crippen MR) is 112 cm³/mol. The van der Waals surface area contributed by atoms with Gasteiger partial charge in [-0.1, -0.05) is 48.5 Å². The summed E-state index contributed by atoms with van der Waals surface area (Å²) in [4.78, 5) is 4.53. The number of hydrogen-bond acceptors (Lipinski definition) is 1. The smallest absolute Gasteiger partial charge is 0.256 e. The normalized spacial score (nSPS) is 12.1. The van der Waals surface area contributed by atoms with Crippen LogP contribution in [0.5, 0.6) is 0 Å². The first-order valence-corrected chi connectivity index (χ1v) is 9.30. The molecule has 1 heterocycles. The molecule has 0 atom stereocenters. The average molecular weight is 387 g/mol. The summed E-state index contributed by atoms with van der Waals surface area (Å²) in [5.41, 5.74) is 1.86. The molecule has 0 saturated carbocycles. The zero-order chi connectivity index (χ0) is 20.2. The molecule has 4 aromatic carbocycles. The molecule has 0 aliphatic rings. The summed E-state index contributed by atoms with van der Waals surface area (Å²) in [5, 5.41) is 5.14. The van der Waals surface area contributed by atoms with Crippen molar-refractivity contribution in [1.82, 2.24) is 4.98 Å². The van der Waals surface area contributed by atoms with Crippen LogP contribution >= 0.6 is 0 Å². The number of aromatic nitrogens is 1. The van der Waals surface area contributed by atoms with Gasteiger partial charge in [0.25, 0.3) is 0 Å². The van der Waals surface area contributed by atoms with E-state index in [-0.39, 0.29) is 0 Å². The van der Waals surface area contributed by atoms with Crippen molar-refractivity contribution in [1.29, 1.82) is 0 Å². The average Bonchev–Trinajstić information content (AvgIpc) is 2.71. The lowest BCUT2D eigenvalue weighted by atomic mass is 9.92. The van der Waals surface area contributed by atoms with E-state index in [2.05, 4.69) is 17.1 Å². The summed E-state index contributed by atoms with van der Waals surface area (Å²) in [5.74, 6) is 0. The number of alkyl halides is 3. The molecule has 0 bridgehead atoms. The molecule has 0 fully saturated rings. The van der Waals surface area contributed by atoms with Gasteiger partial charge in [0.1, 0.15) is 0 Å². The minimum absolute atomic E-state index is 0.524. The van der Waals surface area contributed by atoms with Crippen LogP contribution in [0, 0.1) is 6.92 Å². The Kier molecular flexibility index (Phi) is 3.85. The summed E-state index contributed by atoms with van der Waals surface area (Å²) >= 11 is 0. The molecule has 5 aromatic rings. The standard InChI is InChI=1S/C25H16F3N/c1-15-11-17(13-18(12-15)25(26,27)28)22-14-23-19-6-3-2-5-16(19)8-9-20(23)21-7-4-10-29-24(21)22/h2-14H,1H3. The lowest BCUT2D eigenvalue weighted by molar-refractivity contribution is -0.137. The third kappa shape index (κ3) is 2.92. The first-order valence-electron chi connectivity index (χ1n) is 9.30. The maximum absolute atomic E-state index is 13.4. The summed E-state index contributed by atoms with van der Waals surface area (Å²) in [7, 11) is 0. The Labute approximate surface area is 165 Å². The number of hydrogen-bond donors (Lipinski definition) is 0. The Morgan fingerprint density at radius 3 is 2.34 bits per heavy atom. The van der Waals surface area contributed by atoms with Gasteiger partial charge in [-0.15, -0.1) is 0 Å². The van der Waals surface area contributed by atoms with Gasteiger partial charge in [0, 0.05) is 17.1 Å². The first-order chi connectivity index (χ1) is 13.9. The fourth-order valence-electron chi connectivity index (χ4n) is 4.06. The molecule has 0 unspecified atom stereocenters. The topological polar surface area (TPSA) is 12.9 Å². The van der Waals surface area contributed by atoms with Crippen LogP contribution in [0.2, 0.25) is 0 Å². The zero-order valence-corrected chi connectivity index (χ0v) is 15.6. The van der Waals surface area contributed by atoms with Crippen LogP contribution in [-0.4, -0.2) is 4.98 Å². The van der Waals surface area contributed by atoms with Crippen LogP contribution in [0.4, 0.5) is 13.2 Å². The molecule has 142 valence electrons. The second-order valence-electron chi connectivity index (χ2n) is 7.29. The Bertz CT molecular complexity index is 1400. The number of nitrogens with zero attached hydrogens (tertiary/aromatic N) is 1. The highest BCUT2D eigenvalue weighted by molar-refractivity contribution is 6.20. The van der Waals surface area contributed by atoms with Gasteiger partial charge in [0.05, 0.1) is 11.1 Å². The Hall–Kier alpha value is -3.40. The van der Waals surface area contributed by atoms with Crippen molar-refractivity contribution >= 4 is 32.4 Å². The van der Waals surface area contributed by atoms with Crippen molar-refractivity contribution in [3.8, 4) is 11.1 Å². The number of rotatable bonds is 1. The van der Waals surface area contributed by atoms with E-state index in [0.717, 1.165) is 26.9 Å². The minimum Gasteiger partial charge on any atom is -0.256 e. The van der Waals surface area contributed by atoms with E-state index in [0.29, 0.717) is 22.2 Å². The molecule has 0 saturated heterocycles. The van der Waals surface area contributed by atoms with Gasteiger partial charge < -0.3 is 0 Å². The lowest BCUT2D eigenvalue weighted by Crippen LogP contribution is -2.05. The molecule has 0 spiro atoms. The van der Waals surface area contributed by atoms with Gasteiger partial charge in [0.15, 0.2) is 0 Å². The van der Waals surface area contributed by atoms with Crippen molar-refractivity contribution in [3.63, 3.8) is 0 Å². The van der Waals surface area contributed by atoms with Crippen molar-refractivity contribution in [2.45, 2.75) is 13.1 Å². The molecule has 4 heteroatoms. The molecular weight excluding hydrogens is 371 g/mol. The Morgan fingerprint density at radius 2 is 1.52 bits per heavy atom. The first kappa shape index (κ1) is 17.7. The van der Waals surface area contributed by atoms with E-state index in [1.165, 1.54) is 12.1 Å². The molecule has 29 heavy (non-hydrogen) atoms. The number of halogens is 3. The lowest BCUT2D eigenvalue weighted by Gasteiger charge is -2.14. The summed E-state index contributed by atoms with van der Waals surface area (Å²) < 4.78 is 40.3. The molecule has 1 aromatic heterocycles. The van der Waals surface area contributed by atoms with Crippen LogP contribution in [0.1, 0.15) is 11.1 Å². The SMILES string of the molecule is Cc1cc(-c2cc3c4ccccc4ccc3c3cccnc23)cc(C(F)(F)F)c1. The van der Waals surface area contributed by atoms with E-state index in [9.17, 15) is 13.2 Å². The van der Waals surface area contributed by atoms with Crippen molar-refractivity contribution in [2.24, 2.45) is 0 Å². The molecule has 0 aliphatic carbocycles. The third-order valence-corrected chi connectivity index (χ3v) is 5.33. The summed E-state index contributed by atoms with van der Waals surface area (Å²) in [6.07, 6.45) is -2.72. The molecule has 0 radical (unpaired) electrons. The maximum Gasteiger partial charge on any atom is 0.416 e. The molecule has 0 N–H and O–H groups in total. The number of fused-ring (bicyclic) bond motifs is 5. The monoisotopic (exact) mass is 387 g/mol. The minimum atomic E-state index is -4.40. The number of aryl methyl sites for hydroxylation is 1. The highest BCUT2D eigenvalue weighted by Gasteiger charge is 2.31. The number of benzene rings is 4. The van der Waals surface area contributed by atoms with Gasteiger partial charge in [-0.05, 0) is 63.9 Å². The largest absolute Gasteiger partial charge is 0.416 e. The summed E-state index contributed by atoms with van der Waals surface area (Å²) in [6.45, 7) is 1.69. The zero-order valence-electron chi connectivity index (χ0n) is 15.6. The van der Waals surface area contributed by atoms with Gasteiger partial charge >= 0.3 is 6.18 Å². The second-order valence-corrected chi connectivity index (χ2v) is 7.29. The van der Waals surface area contributed by atoms with Gasteiger partial charge in [-0.2, -0.15) is 13.2 Å².